The summed E-state index contributed by atoms with van der Waals surface area (Å²) in [5, 5.41) is 0. The van der Waals surface area contributed by atoms with Gasteiger partial charge in [0.1, 0.15) is 18.0 Å². The molecule has 3 atom stereocenters. The highest BCUT2D eigenvalue weighted by Gasteiger charge is 2.46. The molecule has 0 bridgehead atoms. The topological polar surface area (TPSA) is 68.7 Å². The second-order valence-corrected chi connectivity index (χ2v) is 7.13. The number of sulfonamides is 1. The predicted molar refractivity (Wildman–Crippen MR) is 73.0 cm³/mol. The van der Waals surface area contributed by atoms with E-state index in [0.717, 1.165) is 12.8 Å². The molecule has 1 aromatic heterocycles. The van der Waals surface area contributed by atoms with E-state index in [1.165, 1.54) is 6.26 Å². The Hall–Kier alpha value is -1.18. The minimum atomic E-state index is -3.19. The van der Waals surface area contributed by atoms with Gasteiger partial charge in [0.2, 0.25) is 10.0 Å². The van der Waals surface area contributed by atoms with Crippen LogP contribution in [0.1, 0.15) is 12.8 Å². The summed E-state index contributed by atoms with van der Waals surface area (Å²) in [6, 6.07) is 3.55. The van der Waals surface area contributed by atoms with E-state index in [0.29, 0.717) is 18.9 Å². The fourth-order valence-corrected chi connectivity index (χ4v) is 4.13. The Balaban J connectivity index is 1.75. The van der Waals surface area contributed by atoms with Crippen LogP contribution in [0.2, 0.25) is 0 Å². The Morgan fingerprint density at radius 1 is 1.45 bits per heavy atom. The summed E-state index contributed by atoms with van der Waals surface area (Å²) in [6.07, 6.45) is 5.84. The summed E-state index contributed by atoms with van der Waals surface area (Å²) < 4.78 is 36.8. The van der Waals surface area contributed by atoms with Crippen molar-refractivity contribution >= 4 is 10.0 Å². The van der Waals surface area contributed by atoms with Crippen LogP contribution in [0, 0.1) is 0 Å². The van der Waals surface area contributed by atoms with Crippen molar-refractivity contribution in [3.63, 3.8) is 0 Å². The number of aromatic nitrogens is 1. The van der Waals surface area contributed by atoms with E-state index in [1.54, 1.807) is 16.7 Å². The molecule has 1 aliphatic heterocycles. The molecule has 2 fully saturated rings. The maximum Gasteiger partial charge on any atom is 0.211 e. The fraction of sp³-hybridized carbons (Fsp3) is 0.615. The van der Waals surface area contributed by atoms with Crippen molar-refractivity contribution in [1.29, 1.82) is 0 Å². The fourth-order valence-electron chi connectivity index (χ4n) is 3.01. The Morgan fingerprint density at radius 2 is 2.30 bits per heavy atom. The third-order valence-corrected chi connectivity index (χ3v) is 5.14. The van der Waals surface area contributed by atoms with E-state index < -0.39 is 10.0 Å². The number of morpholine rings is 1. The van der Waals surface area contributed by atoms with Gasteiger partial charge in [-0.15, -0.1) is 0 Å². The number of rotatable bonds is 3. The van der Waals surface area contributed by atoms with Crippen LogP contribution >= 0.6 is 0 Å². The molecule has 7 heteroatoms. The minimum absolute atomic E-state index is 0.111. The lowest BCUT2D eigenvalue weighted by atomic mass is 10.1. The molecule has 1 aromatic rings. The molecule has 20 heavy (non-hydrogen) atoms. The SMILES string of the molecule is CS(=O)(=O)N1CCO[C@H]2[C@@H](Oc3cccnc3)CC[C@@H]21. The van der Waals surface area contributed by atoms with Crippen LogP contribution in [0.5, 0.6) is 5.75 Å². The van der Waals surface area contributed by atoms with Crippen LogP contribution in [0.15, 0.2) is 24.5 Å². The number of nitrogens with zero attached hydrogens (tertiary/aromatic N) is 2. The molecule has 110 valence electrons. The van der Waals surface area contributed by atoms with Crippen molar-refractivity contribution in [1.82, 2.24) is 9.29 Å². The zero-order valence-corrected chi connectivity index (χ0v) is 12.1. The van der Waals surface area contributed by atoms with E-state index in [4.69, 9.17) is 9.47 Å². The van der Waals surface area contributed by atoms with Gasteiger partial charge in [-0.05, 0) is 25.0 Å². The largest absolute Gasteiger partial charge is 0.486 e. The molecule has 0 amide bonds. The Kier molecular flexibility index (Phi) is 3.66. The molecule has 1 saturated carbocycles. The number of hydrogen-bond acceptors (Lipinski definition) is 5. The van der Waals surface area contributed by atoms with Crippen LogP contribution < -0.4 is 4.74 Å². The maximum absolute atomic E-state index is 11.8. The molecule has 1 saturated heterocycles. The lowest BCUT2D eigenvalue weighted by Gasteiger charge is -2.37. The first kappa shape index (κ1) is 13.8. The molecule has 6 nitrogen and oxygen atoms in total. The van der Waals surface area contributed by atoms with E-state index in [2.05, 4.69) is 4.98 Å². The molecule has 2 heterocycles. The Labute approximate surface area is 118 Å². The lowest BCUT2D eigenvalue weighted by molar-refractivity contribution is -0.0658. The van der Waals surface area contributed by atoms with Crippen LogP contribution in [0.25, 0.3) is 0 Å². The van der Waals surface area contributed by atoms with E-state index >= 15 is 0 Å². The van der Waals surface area contributed by atoms with Gasteiger partial charge in [0.15, 0.2) is 0 Å². The van der Waals surface area contributed by atoms with Crippen LogP contribution in [-0.4, -0.2) is 55.4 Å². The summed E-state index contributed by atoms with van der Waals surface area (Å²) in [5.41, 5.74) is 0. The van der Waals surface area contributed by atoms with Gasteiger partial charge in [0.25, 0.3) is 0 Å². The summed E-state index contributed by atoms with van der Waals surface area (Å²) in [6.45, 7) is 0.848. The molecule has 1 aliphatic carbocycles. The highest BCUT2D eigenvalue weighted by atomic mass is 32.2. The molecule has 2 aliphatic rings. The van der Waals surface area contributed by atoms with Crippen molar-refractivity contribution in [2.75, 3.05) is 19.4 Å². The molecule has 0 radical (unpaired) electrons. The van der Waals surface area contributed by atoms with Gasteiger partial charge in [-0.25, -0.2) is 8.42 Å². The molecule has 0 spiro atoms. The smallest absolute Gasteiger partial charge is 0.211 e. The van der Waals surface area contributed by atoms with Gasteiger partial charge in [0, 0.05) is 12.7 Å². The summed E-state index contributed by atoms with van der Waals surface area (Å²) in [7, 11) is -3.19. The quantitative estimate of drug-likeness (QED) is 0.819. The standard InChI is InChI=1S/C13H18N2O4S/c1-20(16,17)15-7-8-18-13-11(15)4-5-12(13)19-10-3-2-6-14-9-10/h2-3,6,9,11-13H,4-5,7-8H2,1H3/t11-,12-,13+/m0/s1. The van der Waals surface area contributed by atoms with E-state index in [-0.39, 0.29) is 18.2 Å². The third kappa shape index (κ3) is 2.65. The molecular formula is C13H18N2O4S. The third-order valence-electron chi connectivity index (χ3n) is 3.83. The van der Waals surface area contributed by atoms with Crippen molar-refractivity contribution in [3.8, 4) is 5.75 Å². The van der Waals surface area contributed by atoms with Crippen LogP contribution in [0.3, 0.4) is 0 Å². The Morgan fingerprint density at radius 3 is 3.00 bits per heavy atom. The molecule has 0 aromatic carbocycles. The van der Waals surface area contributed by atoms with Gasteiger partial charge in [-0.1, -0.05) is 0 Å². The van der Waals surface area contributed by atoms with Crippen LogP contribution in [0.4, 0.5) is 0 Å². The summed E-state index contributed by atoms with van der Waals surface area (Å²) >= 11 is 0. The second kappa shape index (κ2) is 5.31. The highest BCUT2D eigenvalue weighted by molar-refractivity contribution is 7.88. The molecule has 3 rings (SSSR count). The van der Waals surface area contributed by atoms with E-state index in [1.807, 2.05) is 12.1 Å². The average Bonchev–Trinajstić information content (AvgIpc) is 2.82. The van der Waals surface area contributed by atoms with Crippen molar-refractivity contribution in [2.24, 2.45) is 0 Å². The second-order valence-electron chi connectivity index (χ2n) is 5.20. The first-order valence-corrected chi connectivity index (χ1v) is 8.55. The first-order valence-electron chi connectivity index (χ1n) is 6.71. The number of fused-ring (bicyclic) bond motifs is 1. The average molecular weight is 298 g/mol. The maximum atomic E-state index is 11.8. The van der Waals surface area contributed by atoms with Gasteiger partial charge in [-0.2, -0.15) is 4.31 Å². The molecule has 0 unspecified atom stereocenters. The Bertz CT molecular complexity index is 563. The number of pyridine rings is 1. The van der Waals surface area contributed by atoms with Crippen LogP contribution in [-0.2, 0) is 14.8 Å². The highest BCUT2D eigenvalue weighted by Crippen LogP contribution is 2.33. The minimum Gasteiger partial charge on any atom is -0.486 e. The van der Waals surface area contributed by atoms with Crippen molar-refractivity contribution in [3.05, 3.63) is 24.5 Å². The number of hydrogen-bond donors (Lipinski definition) is 0. The summed E-state index contributed by atoms with van der Waals surface area (Å²) in [5.74, 6) is 0.693. The predicted octanol–water partition coefficient (Wildman–Crippen LogP) is 0.652. The van der Waals surface area contributed by atoms with Gasteiger partial charge in [0.05, 0.1) is 25.1 Å². The zero-order chi connectivity index (χ0) is 14.2. The molecule has 0 N–H and O–H groups in total. The molecular weight excluding hydrogens is 280 g/mol. The first-order chi connectivity index (χ1) is 9.55. The van der Waals surface area contributed by atoms with Gasteiger partial charge < -0.3 is 9.47 Å². The van der Waals surface area contributed by atoms with Gasteiger partial charge >= 0.3 is 0 Å². The normalized spacial score (nSPS) is 30.9. The summed E-state index contributed by atoms with van der Waals surface area (Å²) in [4.78, 5) is 4.01. The monoisotopic (exact) mass is 298 g/mol. The van der Waals surface area contributed by atoms with Crippen molar-refractivity contribution < 1.29 is 17.9 Å². The van der Waals surface area contributed by atoms with E-state index in [9.17, 15) is 8.42 Å². The lowest BCUT2D eigenvalue weighted by Crippen LogP contribution is -2.53. The zero-order valence-electron chi connectivity index (χ0n) is 11.3. The van der Waals surface area contributed by atoms with Crippen molar-refractivity contribution in [2.45, 2.75) is 31.1 Å². The number of ether oxygens (including phenoxy) is 2. The van der Waals surface area contributed by atoms with Gasteiger partial charge in [-0.3, -0.25) is 4.98 Å².